The molecule has 1 aliphatic heterocycles. The number of amides is 1. The van der Waals surface area contributed by atoms with Crippen molar-refractivity contribution in [2.45, 2.75) is 12.2 Å². The molecule has 2 N–H and O–H groups in total. The van der Waals surface area contributed by atoms with Crippen LogP contribution in [0, 0.1) is 0 Å². The molecule has 1 heterocycles. The van der Waals surface area contributed by atoms with Gasteiger partial charge in [0.15, 0.2) is 11.5 Å². The van der Waals surface area contributed by atoms with Crippen LogP contribution in [0.15, 0.2) is 12.1 Å². The molecule has 1 aromatic rings. The van der Waals surface area contributed by atoms with Gasteiger partial charge in [0.2, 0.25) is 0 Å². The van der Waals surface area contributed by atoms with Gasteiger partial charge in [-0.2, -0.15) is 0 Å². The maximum absolute atomic E-state index is 12.3. The normalized spacial score (nSPS) is 21.9. The third-order valence-electron chi connectivity index (χ3n) is 3.23. The lowest BCUT2D eigenvalue weighted by Crippen LogP contribution is -2.29. The predicted molar refractivity (Wildman–Crippen MR) is 72.5 cm³/mol. The molecule has 1 saturated heterocycles. The zero-order chi connectivity index (χ0) is 14.9. The number of halogens is 1. The Hall–Kier alpha value is -1.50. The van der Waals surface area contributed by atoms with Crippen LogP contribution in [-0.2, 0) is 0 Å². The number of nitrogens with zero attached hydrogens (tertiary/aromatic N) is 1. The van der Waals surface area contributed by atoms with Crippen LogP contribution in [0.25, 0.3) is 0 Å². The highest BCUT2D eigenvalue weighted by atomic mass is 35.5. The monoisotopic (exact) mass is 301 g/mol. The van der Waals surface area contributed by atoms with Crippen LogP contribution in [0.3, 0.4) is 0 Å². The number of aliphatic hydroxyl groups excluding tert-OH is 2. The van der Waals surface area contributed by atoms with Crippen LogP contribution in [0.5, 0.6) is 11.5 Å². The van der Waals surface area contributed by atoms with Gasteiger partial charge in [-0.3, -0.25) is 4.79 Å². The highest BCUT2D eigenvalue weighted by molar-refractivity contribution is 6.32. The third kappa shape index (κ3) is 2.67. The molecule has 1 aromatic carbocycles. The zero-order valence-corrected chi connectivity index (χ0v) is 11.9. The van der Waals surface area contributed by atoms with E-state index in [0.29, 0.717) is 17.1 Å². The first kappa shape index (κ1) is 14.9. The Morgan fingerprint density at radius 2 is 1.85 bits per heavy atom. The summed E-state index contributed by atoms with van der Waals surface area (Å²) >= 11 is 6.05. The molecule has 0 radical (unpaired) electrons. The van der Waals surface area contributed by atoms with Crippen LogP contribution in [-0.4, -0.2) is 60.5 Å². The molecule has 0 aliphatic carbocycles. The summed E-state index contributed by atoms with van der Waals surface area (Å²) in [7, 11) is 2.91. The van der Waals surface area contributed by atoms with E-state index in [1.165, 1.54) is 31.3 Å². The van der Waals surface area contributed by atoms with Crippen molar-refractivity contribution < 1.29 is 24.5 Å². The van der Waals surface area contributed by atoms with Crippen LogP contribution in [0.1, 0.15) is 10.4 Å². The largest absolute Gasteiger partial charge is 0.493 e. The van der Waals surface area contributed by atoms with Gasteiger partial charge >= 0.3 is 0 Å². The van der Waals surface area contributed by atoms with Gasteiger partial charge in [0.1, 0.15) is 0 Å². The van der Waals surface area contributed by atoms with Crippen molar-refractivity contribution >= 4 is 17.5 Å². The van der Waals surface area contributed by atoms with Gasteiger partial charge in [0.05, 0.1) is 31.5 Å². The molecule has 0 aromatic heterocycles. The summed E-state index contributed by atoms with van der Waals surface area (Å²) < 4.78 is 10.2. The fourth-order valence-corrected chi connectivity index (χ4v) is 2.45. The van der Waals surface area contributed by atoms with E-state index in [-0.39, 0.29) is 24.0 Å². The second-order valence-corrected chi connectivity index (χ2v) is 4.95. The highest BCUT2D eigenvalue weighted by Crippen LogP contribution is 2.36. The molecule has 0 saturated carbocycles. The number of benzene rings is 1. The SMILES string of the molecule is COc1cc(C(=O)N2C[C@@H](O)[C@@H](O)C2)cc(Cl)c1OC. The molecule has 2 atom stereocenters. The number of carbonyl (C=O) groups is 1. The first-order valence-corrected chi connectivity index (χ1v) is 6.42. The van der Waals surface area contributed by atoms with Crippen molar-refractivity contribution in [1.29, 1.82) is 0 Å². The first-order valence-electron chi connectivity index (χ1n) is 6.04. The average Bonchev–Trinajstić information content (AvgIpc) is 2.76. The Bertz CT molecular complexity index is 512. The summed E-state index contributed by atoms with van der Waals surface area (Å²) in [5, 5.41) is 19.2. The molecular formula is C13H16ClNO5. The van der Waals surface area contributed by atoms with Crippen molar-refractivity contribution in [1.82, 2.24) is 4.90 Å². The summed E-state index contributed by atoms with van der Waals surface area (Å²) in [6.07, 6.45) is -1.84. The molecule has 0 spiro atoms. The quantitative estimate of drug-likeness (QED) is 0.851. The molecule has 0 bridgehead atoms. The van der Waals surface area contributed by atoms with Gasteiger partial charge in [-0.15, -0.1) is 0 Å². The molecular weight excluding hydrogens is 286 g/mol. The summed E-state index contributed by atoms with van der Waals surface area (Å²) in [5.41, 5.74) is 0.314. The number of rotatable bonds is 3. The lowest BCUT2D eigenvalue weighted by atomic mass is 10.1. The third-order valence-corrected chi connectivity index (χ3v) is 3.51. The van der Waals surface area contributed by atoms with Gasteiger partial charge < -0.3 is 24.6 Å². The second-order valence-electron chi connectivity index (χ2n) is 4.54. The highest BCUT2D eigenvalue weighted by Gasteiger charge is 2.33. The number of ether oxygens (including phenoxy) is 2. The summed E-state index contributed by atoms with van der Waals surface area (Å²) in [5.74, 6) is 0.374. The Labute approximate surface area is 121 Å². The lowest BCUT2D eigenvalue weighted by Gasteiger charge is -2.17. The van der Waals surface area contributed by atoms with E-state index in [9.17, 15) is 15.0 Å². The number of methoxy groups -OCH3 is 2. The second kappa shape index (κ2) is 5.87. The molecule has 1 aliphatic rings. The van der Waals surface area contributed by atoms with Crippen LogP contribution in [0.4, 0.5) is 0 Å². The maximum atomic E-state index is 12.3. The fourth-order valence-electron chi connectivity index (χ4n) is 2.16. The van der Waals surface area contributed by atoms with Crippen LogP contribution in [0.2, 0.25) is 5.02 Å². The van der Waals surface area contributed by atoms with Gasteiger partial charge in [-0.1, -0.05) is 11.6 Å². The van der Waals surface area contributed by atoms with Gasteiger partial charge in [-0.05, 0) is 12.1 Å². The van der Waals surface area contributed by atoms with Crippen molar-refractivity contribution in [3.63, 3.8) is 0 Å². The van der Waals surface area contributed by atoms with E-state index in [0.717, 1.165) is 0 Å². The van der Waals surface area contributed by atoms with E-state index in [2.05, 4.69) is 0 Å². The number of aliphatic hydroxyl groups is 2. The number of carbonyl (C=O) groups excluding carboxylic acids is 1. The zero-order valence-electron chi connectivity index (χ0n) is 11.2. The Kier molecular flexibility index (Phi) is 4.37. The predicted octanol–water partition coefficient (Wildman–Crippen LogP) is 0.535. The number of hydrogen-bond acceptors (Lipinski definition) is 5. The van der Waals surface area contributed by atoms with Crippen molar-refractivity contribution in [2.75, 3.05) is 27.3 Å². The van der Waals surface area contributed by atoms with Crippen LogP contribution < -0.4 is 9.47 Å². The Morgan fingerprint density at radius 1 is 1.25 bits per heavy atom. The van der Waals surface area contributed by atoms with E-state index in [1.54, 1.807) is 0 Å². The van der Waals surface area contributed by atoms with E-state index < -0.39 is 12.2 Å². The molecule has 1 amide bonds. The summed E-state index contributed by atoms with van der Waals surface area (Å²) in [6, 6.07) is 2.99. The minimum atomic E-state index is -0.922. The fraction of sp³-hybridized carbons (Fsp3) is 0.462. The molecule has 1 fully saturated rings. The number of hydrogen-bond donors (Lipinski definition) is 2. The standard InChI is InChI=1S/C13H16ClNO5/c1-19-11-4-7(3-8(14)12(11)20-2)13(18)15-5-9(16)10(17)6-15/h3-4,9-10,16-17H,5-6H2,1-2H3/t9-,10+. The minimum Gasteiger partial charge on any atom is -0.493 e. The molecule has 0 unspecified atom stereocenters. The number of β-amino-alcohol motifs (C(OH)–C–C–N with tert-alkyl or cyclic N) is 2. The molecule has 20 heavy (non-hydrogen) atoms. The molecule has 110 valence electrons. The minimum absolute atomic E-state index is 0.0892. The van der Waals surface area contributed by atoms with Crippen molar-refractivity contribution in [2.24, 2.45) is 0 Å². The van der Waals surface area contributed by atoms with Gasteiger partial charge in [0, 0.05) is 18.7 Å². The van der Waals surface area contributed by atoms with Crippen molar-refractivity contribution in [3.05, 3.63) is 22.7 Å². The first-order chi connectivity index (χ1) is 9.47. The molecule has 7 heteroatoms. The number of likely N-dealkylation sites (tertiary alicyclic amines) is 1. The van der Waals surface area contributed by atoms with Crippen molar-refractivity contribution in [3.8, 4) is 11.5 Å². The van der Waals surface area contributed by atoms with E-state index in [1.807, 2.05) is 0 Å². The topological polar surface area (TPSA) is 79.2 Å². The lowest BCUT2D eigenvalue weighted by molar-refractivity contribution is 0.0572. The van der Waals surface area contributed by atoms with Gasteiger partial charge in [0.25, 0.3) is 5.91 Å². The van der Waals surface area contributed by atoms with E-state index >= 15 is 0 Å². The maximum Gasteiger partial charge on any atom is 0.254 e. The average molecular weight is 302 g/mol. The summed E-state index contributed by atoms with van der Waals surface area (Å²) in [6.45, 7) is 0.178. The Balaban J connectivity index is 2.29. The van der Waals surface area contributed by atoms with Gasteiger partial charge in [-0.25, -0.2) is 0 Å². The molecule has 6 nitrogen and oxygen atoms in total. The molecule has 2 rings (SSSR count). The Morgan fingerprint density at radius 3 is 2.35 bits per heavy atom. The smallest absolute Gasteiger partial charge is 0.254 e. The summed E-state index contributed by atoms with van der Waals surface area (Å²) in [4.78, 5) is 13.7. The van der Waals surface area contributed by atoms with E-state index in [4.69, 9.17) is 21.1 Å². The van der Waals surface area contributed by atoms with Crippen LogP contribution >= 0.6 is 11.6 Å².